The number of ether oxygens (including phenoxy) is 1. The average molecular weight is 265 g/mol. The first-order valence-corrected chi connectivity index (χ1v) is 7.34. The van der Waals surface area contributed by atoms with Crippen LogP contribution in [0.4, 0.5) is 0 Å². The van der Waals surface area contributed by atoms with Crippen LogP contribution in [-0.2, 0) is 9.53 Å². The standard InChI is InChI=1S/C16H27NO2/c1-5-14(12-13(3)19-6-2)16(18)17(4)15-10-8-7-9-11-15/h5,12,15H,6-11H2,1-4H3. The van der Waals surface area contributed by atoms with E-state index in [2.05, 4.69) is 0 Å². The van der Waals surface area contributed by atoms with Gasteiger partial charge in [0.05, 0.1) is 12.4 Å². The zero-order chi connectivity index (χ0) is 14.3. The predicted molar refractivity (Wildman–Crippen MR) is 78.8 cm³/mol. The lowest BCUT2D eigenvalue weighted by Gasteiger charge is -2.31. The molecule has 0 aromatic carbocycles. The van der Waals surface area contributed by atoms with E-state index >= 15 is 0 Å². The van der Waals surface area contributed by atoms with E-state index in [9.17, 15) is 4.79 Å². The summed E-state index contributed by atoms with van der Waals surface area (Å²) in [5.74, 6) is 0.898. The average Bonchev–Trinajstić information content (AvgIpc) is 2.44. The minimum absolute atomic E-state index is 0.105. The Morgan fingerprint density at radius 2 is 1.95 bits per heavy atom. The van der Waals surface area contributed by atoms with Crippen LogP contribution in [0.2, 0.25) is 0 Å². The van der Waals surface area contributed by atoms with Crippen molar-refractivity contribution in [1.29, 1.82) is 0 Å². The zero-order valence-corrected chi connectivity index (χ0v) is 12.7. The van der Waals surface area contributed by atoms with Crippen molar-refractivity contribution >= 4 is 5.91 Å². The maximum absolute atomic E-state index is 12.5. The smallest absolute Gasteiger partial charge is 0.253 e. The molecule has 3 heteroatoms. The van der Waals surface area contributed by atoms with Crippen LogP contribution in [-0.4, -0.2) is 30.5 Å². The molecule has 0 aromatic rings. The summed E-state index contributed by atoms with van der Waals surface area (Å²) in [5.41, 5.74) is 0.721. The van der Waals surface area contributed by atoms with Gasteiger partial charge in [-0.1, -0.05) is 25.3 Å². The third-order valence-electron chi connectivity index (χ3n) is 3.73. The number of carbonyl (C=O) groups is 1. The molecule has 1 rings (SSSR count). The molecule has 1 fully saturated rings. The Kier molecular flexibility index (Phi) is 6.68. The molecule has 108 valence electrons. The Morgan fingerprint density at radius 1 is 1.32 bits per heavy atom. The first kappa shape index (κ1) is 15.8. The normalized spacial score (nSPS) is 18.3. The van der Waals surface area contributed by atoms with E-state index in [0.29, 0.717) is 12.6 Å². The first-order chi connectivity index (χ1) is 9.10. The second-order valence-electron chi connectivity index (χ2n) is 5.14. The second-order valence-corrected chi connectivity index (χ2v) is 5.14. The van der Waals surface area contributed by atoms with E-state index in [4.69, 9.17) is 4.74 Å². The molecular weight excluding hydrogens is 238 g/mol. The van der Waals surface area contributed by atoms with Gasteiger partial charge in [-0.25, -0.2) is 0 Å². The van der Waals surface area contributed by atoms with Crippen molar-refractivity contribution in [3.8, 4) is 0 Å². The van der Waals surface area contributed by atoms with Gasteiger partial charge in [0.2, 0.25) is 0 Å². The van der Waals surface area contributed by atoms with Crippen LogP contribution in [0.25, 0.3) is 0 Å². The maximum atomic E-state index is 12.5. The highest BCUT2D eigenvalue weighted by atomic mass is 16.5. The second kappa shape index (κ2) is 8.03. The monoisotopic (exact) mass is 265 g/mol. The molecule has 0 saturated heterocycles. The Labute approximate surface area is 117 Å². The fraction of sp³-hybridized carbons (Fsp3) is 0.688. The van der Waals surface area contributed by atoms with E-state index in [1.54, 1.807) is 0 Å². The fourth-order valence-corrected chi connectivity index (χ4v) is 2.59. The van der Waals surface area contributed by atoms with Gasteiger partial charge >= 0.3 is 0 Å². The number of amides is 1. The van der Waals surface area contributed by atoms with Crippen LogP contribution in [0, 0.1) is 0 Å². The van der Waals surface area contributed by atoms with Crippen molar-refractivity contribution in [3.63, 3.8) is 0 Å². The largest absolute Gasteiger partial charge is 0.499 e. The molecule has 0 aromatic heterocycles. The molecule has 1 aliphatic carbocycles. The van der Waals surface area contributed by atoms with E-state index in [0.717, 1.165) is 24.2 Å². The first-order valence-electron chi connectivity index (χ1n) is 7.34. The quantitative estimate of drug-likeness (QED) is 0.431. The summed E-state index contributed by atoms with van der Waals surface area (Å²) in [4.78, 5) is 14.4. The summed E-state index contributed by atoms with van der Waals surface area (Å²) in [6.45, 7) is 6.37. The lowest BCUT2D eigenvalue weighted by molar-refractivity contribution is -0.128. The highest BCUT2D eigenvalue weighted by molar-refractivity contribution is 5.96. The van der Waals surface area contributed by atoms with E-state index in [1.807, 2.05) is 44.9 Å². The van der Waals surface area contributed by atoms with Crippen LogP contribution >= 0.6 is 0 Å². The van der Waals surface area contributed by atoms with Crippen molar-refractivity contribution < 1.29 is 9.53 Å². The minimum Gasteiger partial charge on any atom is -0.499 e. The summed E-state index contributed by atoms with van der Waals surface area (Å²) in [5, 5.41) is 0. The molecule has 0 N–H and O–H groups in total. The molecule has 0 radical (unpaired) electrons. The van der Waals surface area contributed by atoms with Gasteiger partial charge in [-0.3, -0.25) is 4.79 Å². The maximum Gasteiger partial charge on any atom is 0.253 e. The summed E-state index contributed by atoms with van der Waals surface area (Å²) in [6.07, 6.45) is 9.75. The van der Waals surface area contributed by atoms with E-state index < -0.39 is 0 Å². The predicted octanol–water partition coefficient (Wildman–Crippen LogP) is 3.66. The van der Waals surface area contributed by atoms with E-state index in [1.165, 1.54) is 19.3 Å². The number of allylic oxidation sites excluding steroid dienone is 2. The molecule has 0 atom stereocenters. The van der Waals surface area contributed by atoms with Crippen LogP contribution in [0.15, 0.2) is 23.5 Å². The van der Waals surface area contributed by atoms with Gasteiger partial charge in [0.25, 0.3) is 5.91 Å². The van der Waals surface area contributed by atoms with Crippen LogP contribution in [0.1, 0.15) is 52.9 Å². The van der Waals surface area contributed by atoms with Gasteiger partial charge in [-0.05, 0) is 39.7 Å². The SMILES string of the molecule is CC=C(C=C(C)OCC)C(=O)N(C)C1CCCCC1. The van der Waals surface area contributed by atoms with Gasteiger partial charge in [0.15, 0.2) is 0 Å². The topological polar surface area (TPSA) is 29.5 Å². The van der Waals surface area contributed by atoms with Crippen molar-refractivity contribution in [3.05, 3.63) is 23.5 Å². The van der Waals surface area contributed by atoms with Crippen molar-refractivity contribution in [1.82, 2.24) is 4.90 Å². The molecule has 1 aliphatic rings. The van der Waals surface area contributed by atoms with E-state index in [-0.39, 0.29) is 5.91 Å². The number of hydrogen-bond acceptors (Lipinski definition) is 2. The molecule has 0 aliphatic heterocycles. The highest BCUT2D eigenvalue weighted by Crippen LogP contribution is 2.23. The molecule has 0 spiro atoms. The van der Waals surface area contributed by atoms with Crippen molar-refractivity contribution in [2.75, 3.05) is 13.7 Å². The summed E-state index contributed by atoms with van der Waals surface area (Å²) < 4.78 is 5.40. The van der Waals surface area contributed by atoms with Crippen molar-refractivity contribution in [2.45, 2.75) is 58.9 Å². The number of nitrogens with zero attached hydrogens (tertiary/aromatic N) is 1. The number of carbonyl (C=O) groups excluding carboxylic acids is 1. The van der Waals surface area contributed by atoms with Crippen LogP contribution in [0.5, 0.6) is 0 Å². The van der Waals surface area contributed by atoms with Crippen molar-refractivity contribution in [2.24, 2.45) is 0 Å². The molecule has 3 nitrogen and oxygen atoms in total. The zero-order valence-electron chi connectivity index (χ0n) is 12.7. The summed E-state index contributed by atoms with van der Waals surface area (Å²) >= 11 is 0. The Bertz CT molecular complexity index is 352. The van der Waals surface area contributed by atoms with Gasteiger partial charge in [-0.15, -0.1) is 0 Å². The molecule has 1 saturated carbocycles. The summed E-state index contributed by atoms with van der Waals surface area (Å²) in [6, 6.07) is 0.400. The highest BCUT2D eigenvalue weighted by Gasteiger charge is 2.23. The van der Waals surface area contributed by atoms with Gasteiger partial charge < -0.3 is 9.64 Å². The third-order valence-corrected chi connectivity index (χ3v) is 3.73. The molecule has 1 amide bonds. The lowest BCUT2D eigenvalue weighted by atomic mass is 9.94. The number of likely N-dealkylation sites (N-methyl/N-ethyl adjacent to an activating group) is 1. The lowest BCUT2D eigenvalue weighted by Crippen LogP contribution is -2.38. The number of hydrogen-bond donors (Lipinski definition) is 0. The molecular formula is C16H27NO2. The van der Waals surface area contributed by atoms with Gasteiger partial charge in [0, 0.05) is 18.7 Å². The fourth-order valence-electron chi connectivity index (χ4n) is 2.59. The third kappa shape index (κ3) is 4.73. The number of rotatable bonds is 5. The van der Waals surface area contributed by atoms with Gasteiger partial charge in [0.1, 0.15) is 0 Å². The Morgan fingerprint density at radius 3 is 2.47 bits per heavy atom. The molecule has 0 bridgehead atoms. The van der Waals surface area contributed by atoms with Gasteiger partial charge in [-0.2, -0.15) is 0 Å². The Hall–Kier alpha value is -1.25. The Balaban J connectivity index is 2.70. The molecule has 0 heterocycles. The molecule has 19 heavy (non-hydrogen) atoms. The van der Waals surface area contributed by atoms with Crippen LogP contribution < -0.4 is 0 Å². The molecule has 0 unspecified atom stereocenters. The van der Waals surface area contributed by atoms with Crippen LogP contribution in [0.3, 0.4) is 0 Å². The summed E-state index contributed by atoms with van der Waals surface area (Å²) in [7, 11) is 1.92. The minimum atomic E-state index is 0.105.